The lowest BCUT2D eigenvalue weighted by Crippen LogP contribution is -1.95. The third kappa shape index (κ3) is 2.47. The molecule has 0 aliphatic rings. The van der Waals surface area contributed by atoms with Gasteiger partial charge in [0.15, 0.2) is 11.6 Å². The first-order chi connectivity index (χ1) is 6.15. The van der Waals surface area contributed by atoms with Gasteiger partial charge >= 0.3 is 0 Å². The Kier molecular flexibility index (Phi) is 3.34. The minimum absolute atomic E-state index is 0.251. The molecule has 0 bridgehead atoms. The lowest BCUT2D eigenvalue weighted by molar-refractivity contribution is 0.489. The summed E-state index contributed by atoms with van der Waals surface area (Å²) in [5.41, 5.74) is 0.251. The maximum Gasteiger partial charge on any atom is 0.161 e. The maximum absolute atomic E-state index is 12.9. The number of rotatable bonds is 3. The van der Waals surface area contributed by atoms with Crippen LogP contribution in [0.4, 0.5) is 13.2 Å². The zero-order valence-corrected chi connectivity index (χ0v) is 7.41. The minimum atomic E-state index is -1.13. The average molecular weight is 188 g/mol. The van der Waals surface area contributed by atoms with Crippen LogP contribution in [0, 0.1) is 17.5 Å². The van der Waals surface area contributed by atoms with Crippen molar-refractivity contribution in [2.75, 3.05) is 0 Å². The normalized spacial score (nSPS) is 10.5. The van der Waals surface area contributed by atoms with Gasteiger partial charge in [-0.3, -0.25) is 0 Å². The Morgan fingerprint density at radius 2 is 1.62 bits per heavy atom. The molecule has 1 aromatic carbocycles. The molecule has 0 aliphatic carbocycles. The Morgan fingerprint density at radius 1 is 1.00 bits per heavy atom. The van der Waals surface area contributed by atoms with E-state index >= 15 is 0 Å². The minimum Gasteiger partial charge on any atom is -0.207 e. The van der Waals surface area contributed by atoms with Gasteiger partial charge in [0.05, 0.1) is 0 Å². The van der Waals surface area contributed by atoms with Gasteiger partial charge < -0.3 is 0 Å². The van der Waals surface area contributed by atoms with Crippen LogP contribution in [0.2, 0.25) is 0 Å². The third-order valence-corrected chi connectivity index (χ3v) is 1.89. The highest BCUT2D eigenvalue weighted by Crippen LogP contribution is 2.15. The Hall–Kier alpha value is -0.990. The van der Waals surface area contributed by atoms with Crippen molar-refractivity contribution >= 4 is 0 Å². The van der Waals surface area contributed by atoms with Gasteiger partial charge in [0.25, 0.3) is 0 Å². The van der Waals surface area contributed by atoms with Crippen molar-refractivity contribution in [3.05, 3.63) is 35.1 Å². The van der Waals surface area contributed by atoms with E-state index in [-0.39, 0.29) is 5.56 Å². The zero-order valence-electron chi connectivity index (χ0n) is 7.41. The summed E-state index contributed by atoms with van der Waals surface area (Å²) >= 11 is 0. The molecule has 1 rings (SSSR count). The topological polar surface area (TPSA) is 0 Å². The lowest BCUT2D eigenvalue weighted by atomic mass is 10.1. The Labute approximate surface area is 75.4 Å². The summed E-state index contributed by atoms with van der Waals surface area (Å²) in [6, 6.07) is 1.53. The Bertz CT molecular complexity index is 294. The molecule has 3 heteroatoms. The molecular formula is C10H11F3. The maximum atomic E-state index is 12.9. The molecule has 0 saturated carbocycles. The molecule has 13 heavy (non-hydrogen) atoms. The molecule has 72 valence electrons. The SMILES string of the molecule is CCCCc1cc(F)c(F)cc1F. The molecule has 0 amide bonds. The molecule has 1 aromatic rings. The summed E-state index contributed by atoms with van der Waals surface area (Å²) in [5, 5.41) is 0. The number of unbranched alkanes of at least 4 members (excludes halogenated alkanes) is 1. The van der Waals surface area contributed by atoms with Crippen LogP contribution in [-0.4, -0.2) is 0 Å². The van der Waals surface area contributed by atoms with Crippen LogP contribution in [0.5, 0.6) is 0 Å². The highest BCUT2D eigenvalue weighted by Gasteiger charge is 2.08. The largest absolute Gasteiger partial charge is 0.207 e. The Morgan fingerprint density at radius 3 is 2.23 bits per heavy atom. The van der Waals surface area contributed by atoms with Crippen LogP contribution in [0.3, 0.4) is 0 Å². The molecule has 0 aliphatic heterocycles. The fraction of sp³-hybridized carbons (Fsp3) is 0.400. The number of hydrogen-bond acceptors (Lipinski definition) is 0. The summed E-state index contributed by atoms with van der Waals surface area (Å²) in [6.07, 6.45) is 2.14. The van der Waals surface area contributed by atoms with E-state index < -0.39 is 17.5 Å². The first-order valence-corrected chi connectivity index (χ1v) is 4.28. The van der Waals surface area contributed by atoms with E-state index in [2.05, 4.69) is 0 Å². The van der Waals surface area contributed by atoms with Crippen LogP contribution in [0.1, 0.15) is 25.3 Å². The van der Waals surface area contributed by atoms with E-state index in [9.17, 15) is 13.2 Å². The first-order valence-electron chi connectivity index (χ1n) is 4.28. The fourth-order valence-corrected chi connectivity index (χ4v) is 1.12. The second-order valence-corrected chi connectivity index (χ2v) is 2.96. The predicted molar refractivity (Wildman–Crippen MR) is 44.9 cm³/mol. The summed E-state index contributed by atoms with van der Waals surface area (Å²) in [7, 11) is 0. The van der Waals surface area contributed by atoms with Crippen molar-refractivity contribution in [3.63, 3.8) is 0 Å². The van der Waals surface area contributed by atoms with Gasteiger partial charge in [-0.1, -0.05) is 13.3 Å². The summed E-state index contributed by atoms with van der Waals surface area (Å²) < 4.78 is 38.1. The lowest BCUT2D eigenvalue weighted by Gasteiger charge is -2.02. The van der Waals surface area contributed by atoms with Crippen molar-refractivity contribution in [2.45, 2.75) is 26.2 Å². The summed E-state index contributed by atoms with van der Waals surface area (Å²) in [5.74, 6) is -2.77. The summed E-state index contributed by atoms with van der Waals surface area (Å²) in [6.45, 7) is 1.96. The van der Waals surface area contributed by atoms with E-state index in [1.165, 1.54) is 0 Å². The predicted octanol–water partition coefficient (Wildman–Crippen LogP) is 3.45. The van der Waals surface area contributed by atoms with Gasteiger partial charge in [-0.15, -0.1) is 0 Å². The molecule has 0 N–H and O–H groups in total. The molecule has 0 heterocycles. The highest BCUT2D eigenvalue weighted by atomic mass is 19.2. The van der Waals surface area contributed by atoms with Crippen LogP contribution in [0.25, 0.3) is 0 Å². The number of hydrogen-bond donors (Lipinski definition) is 0. The molecule has 0 nitrogen and oxygen atoms in total. The first kappa shape index (κ1) is 10.1. The molecule has 0 atom stereocenters. The van der Waals surface area contributed by atoms with Crippen LogP contribution < -0.4 is 0 Å². The number of halogens is 3. The van der Waals surface area contributed by atoms with Crippen LogP contribution in [-0.2, 0) is 6.42 Å². The molecule has 0 aromatic heterocycles. The van der Waals surface area contributed by atoms with Crippen molar-refractivity contribution in [1.29, 1.82) is 0 Å². The van der Waals surface area contributed by atoms with Gasteiger partial charge in [-0.25, -0.2) is 13.2 Å². The third-order valence-electron chi connectivity index (χ3n) is 1.89. The second-order valence-electron chi connectivity index (χ2n) is 2.96. The standard InChI is InChI=1S/C10H11F3/c1-2-3-4-7-5-9(12)10(13)6-8(7)11/h5-6H,2-4H2,1H3. The van der Waals surface area contributed by atoms with Crippen molar-refractivity contribution in [2.24, 2.45) is 0 Å². The average Bonchev–Trinajstić information content (AvgIpc) is 2.09. The van der Waals surface area contributed by atoms with Gasteiger partial charge in [0.2, 0.25) is 0 Å². The molecule has 0 spiro atoms. The van der Waals surface area contributed by atoms with Gasteiger partial charge in [-0.2, -0.15) is 0 Å². The van der Waals surface area contributed by atoms with E-state index in [4.69, 9.17) is 0 Å². The van der Waals surface area contributed by atoms with Gasteiger partial charge in [0, 0.05) is 6.07 Å². The van der Waals surface area contributed by atoms with Crippen molar-refractivity contribution in [3.8, 4) is 0 Å². The van der Waals surface area contributed by atoms with Crippen LogP contribution >= 0.6 is 0 Å². The molecule has 0 unspecified atom stereocenters. The second kappa shape index (κ2) is 4.30. The smallest absolute Gasteiger partial charge is 0.161 e. The van der Waals surface area contributed by atoms with Gasteiger partial charge in [-0.05, 0) is 24.5 Å². The molecule has 0 fully saturated rings. The van der Waals surface area contributed by atoms with E-state index in [1.807, 2.05) is 6.92 Å². The fourth-order valence-electron chi connectivity index (χ4n) is 1.12. The molecular weight excluding hydrogens is 177 g/mol. The van der Waals surface area contributed by atoms with E-state index in [0.717, 1.165) is 18.9 Å². The van der Waals surface area contributed by atoms with Gasteiger partial charge in [0.1, 0.15) is 5.82 Å². The van der Waals surface area contributed by atoms with Crippen molar-refractivity contribution < 1.29 is 13.2 Å². The number of aryl methyl sites for hydroxylation is 1. The number of benzene rings is 1. The monoisotopic (exact) mass is 188 g/mol. The van der Waals surface area contributed by atoms with Crippen LogP contribution in [0.15, 0.2) is 12.1 Å². The van der Waals surface area contributed by atoms with E-state index in [0.29, 0.717) is 12.5 Å². The highest BCUT2D eigenvalue weighted by molar-refractivity contribution is 5.20. The van der Waals surface area contributed by atoms with Crippen molar-refractivity contribution in [1.82, 2.24) is 0 Å². The summed E-state index contributed by atoms with van der Waals surface area (Å²) in [4.78, 5) is 0. The zero-order chi connectivity index (χ0) is 9.84. The Balaban J connectivity index is 2.88. The quantitative estimate of drug-likeness (QED) is 0.637. The molecule has 0 saturated heterocycles. The van der Waals surface area contributed by atoms with E-state index in [1.54, 1.807) is 0 Å². The molecule has 0 radical (unpaired) electrons.